The first-order valence-corrected chi connectivity index (χ1v) is 7.96. The van der Waals surface area contributed by atoms with Crippen molar-refractivity contribution in [2.45, 2.75) is 52.3 Å². The van der Waals surface area contributed by atoms with Gasteiger partial charge in [0.2, 0.25) is 0 Å². The smallest absolute Gasteiger partial charge is 0.418 e. The number of aryl methyl sites for hydroxylation is 1. The molecule has 1 atom stereocenters. The van der Waals surface area contributed by atoms with Crippen LogP contribution in [0.3, 0.4) is 0 Å². The molecule has 1 saturated heterocycles. The van der Waals surface area contributed by atoms with Crippen LogP contribution in [0, 0.1) is 12.8 Å². The summed E-state index contributed by atoms with van der Waals surface area (Å²) in [7, 11) is 0. The number of carbonyl (C=O) groups excluding carboxylic acids is 1. The van der Waals surface area contributed by atoms with E-state index >= 15 is 0 Å². The van der Waals surface area contributed by atoms with Gasteiger partial charge in [-0.25, -0.2) is 4.79 Å². The van der Waals surface area contributed by atoms with Gasteiger partial charge in [-0.1, -0.05) is 0 Å². The Morgan fingerprint density at radius 1 is 1.38 bits per heavy atom. The minimum absolute atomic E-state index is 0.0135. The highest BCUT2D eigenvalue weighted by atomic mass is 19.4. The lowest BCUT2D eigenvalue weighted by Gasteiger charge is -2.24. The SMILES string of the molecule is Cc1cc(CC2CCN(C(=O)OC(C)(C)C)C2)c(C(F)(F)F)cn1. The molecule has 0 saturated carbocycles. The second kappa shape index (κ2) is 6.61. The quantitative estimate of drug-likeness (QED) is 0.807. The Balaban J connectivity index is 2.06. The van der Waals surface area contributed by atoms with Crippen molar-refractivity contribution in [3.63, 3.8) is 0 Å². The topological polar surface area (TPSA) is 42.4 Å². The van der Waals surface area contributed by atoms with Crippen molar-refractivity contribution in [3.05, 3.63) is 29.1 Å². The molecule has 0 spiro atoms. The molecule has 1 fully saturated rings. The number of aromatic nitrogens is 1. The van der Waals surface area contributed by atoms with Crippen LogP contribution in [0.2, 0.25) is 0 Å². The Labute approximate surface area is 140 Å². The lowest BCUT2D eigenvalue weighted by Crippen LogP contribution is -2.35. The maximum atomic E-state index is 13.1. The first-order chi connectivity index (χ1) is 11.0. The predicted molar refractivity (Wildman–Crippen MR) is 83.6 cm³/mol. The molecule has 0 aliphatic carbocycles. The summed E-state index contributed by atoms with van der Waals surface area (Å²) in [5.41, 5.74) is -0.476. The van der Waals surface area contributed by atoms with Gasteiger partial charge >= 0.3 is 12.3 Å². The molecule has 1 aliphatic heterocycles. The Hall–Kier alpha value is -1.79. The van der Waals surface area contributed by atoms with E-state index in [0.29, 0.717) is 25.2 Å². The molecule has 1 unspecified atom stereocenters. The van der Waals surface area contributed by atoms with Crippen LogP contribution in [0.25, 0.3) is 0 Å². The number of ether oxygens (including phenoxy) is 1. The molecule has 0 N–H and O–H groups in total. The lowest BCUT2D eigenvalue weighted by atomic mass is 9.95. The number of carbonyl (C=O) groups is 1. The summed E-state index contributed by atoms with van der Waals surface area (Å²) in [6.45, 7) is 7.94. The summed E-state index contributed by atoms with van der Waals surface area (Å²) in [5.74, 6) is -0.0135. The van der Waals surface area contributed by atoms with Gasteiger partial charge in [-0.3, -0.25) is 4.98 Å². The number of likely N-dealkylation sites (tertiary alicyclic amines) is 1. The van der Waals surface area contributed by atoms with Gasteiger partial charge in [-0.2, -0.15) is 13.2 Å². The fraction of sp³-hybridized carbons (Fsp3) is 0.647. The third kappa shape index (κ3) is 4.85. The zero-order chi connectivity index (χ0) is 18.1. The Bertz CT molecular complexity index is 609. The number of hydrogen-bond donors (Lipinski definition) is 0. The van der Waals surface area contributed by atoms with E-state index in [9.17, 15) is 18.0 Å². The van der Waals surface area contributed by atoms with Gasteiger partial charge in [0.25, 0.3) is 0 Å². The number of rotatable bonds is 2. The van der Waals surface area contributed by atoms with Gasteiger partial charge < -0.3 is 9.64 Å². The maximum Gasteiger partial charge on any atom is 0.418 e. The second-order valence-electron chi connectivity index (χ2n) is 7.27. The Morgan fingerprint density at radius 2 is 2.04 bits per heavy atom. The molecule has 1 aliphatic rings. The minimum Gasteiger partial charge on any atom is -0.444 e. The van der Waals surface area contributed by atoms with Crippen LogP contribution >= 0.6 is 0 Å². The van der Waals surface area contributed by atoms with E-state index in [1.807, 2.05) is 0 Å². The van der Waals surface area contributed by atoms with Crippen molar-refractivity contribution in [2.24, 2.45) is 5.92 Å². The summed E-state index contributed by atoms with van der Waals surface area (Å²) in [4.78, 5) is 17.4. The molecule has 134 valence electrons. The minimum atomic E-state index is -4.42. The van der Waals surface area contributed by atoms with Crippen LogP contribution in [-0.2, 0) is 17.3 Å². The summed E-state index contributed by atoms with van der Waals surface area (Å²) in [6, 6.07) is 1.49. The van der Waals surface area contributed by atoms with Crippen molar-refractivity contribution < 1.29 is 22.7 Å². The van der Waals surface area contributed by atoms with Crippen LogP contribution in [-0.4, -0.2) is 34.7 Å². The summed E-state index contributed by atoms with van der Waals surface area (Å²) in [6.07, 6.45) is -2.99. The monoisotopic (exact) mass is 344 g/mol. The summed E-state index contributed by atoms with van der Waals surface area (Å²) < 4.78 is 44.7. The number of nitrogens with zero attached hydrogens (tertiary/aromatic N) is 2. The molecule has 1 aromatic rings. The standard InChI is InChI=1S/C17H23F3N2O2/c1-11-7-13(14(9-21-11)17(18,19)20)8-12-5-6-22(10-12)15(23)24-16(2,3)4/h7,9,12H,5-6,8,10H2,1-4H3. The van der Waals surface area contributed by atoms with E-state index in [4.69, 9.17) is 4.74 Å². The van der Waals surface area contributed by atoms with E-state index in [1.54, 1.807) is 32.6 Å². The molecule has 2 heterocycles. The van der Waals surface area contributed by atoms with Gasteiger partial charge in [-0.05, 0) is 58.1 Å². The molecule has 7 heteroatoms. The second-order valence-corrected chi connectivity index (χ2v) is 7.27. The zero-order valence-corrected chi connectivity index (χ0v) is 14.4. The van der Waals surface area contributed by atoms with Crippen LogP contribution in [0.5, 0.6) is 0 Å². The highest BCUT2D eigenvalue weighted by Crippen LogP contribution is 2.34. The van der Waals surface area contributed by atoms with Crippen molar-refractivity contribution in [1.29, 1.82) is 0 Å². The van der Waals surface area contributed by atoms with Crippen LogP contribution in [0.15, 0.2) is 12.3 Å². The first kappa shape index (κ1) is 18.5. The fourth-order valence-electron chi connectivity index (χ4n) is 2.84. The predicted octanol–water partition coefficient (Wildman–Crippen LogP) is 4.21. The van der Waals surface area contributed by atoms with Crippen molar-refractivity contribution >= 4 is 6.09 Å². The third-order valence-corrected chi connectivity index (χ3v) is 3.88. The maximum absolute atomic E-state index is 13.1. The van der Waals surface area contributed by atoms with E-state index < -0.39 is 23.4 Å². The van der Waals surface area contributed by atoms with Crippen molar-refractivity contribution in [3.8, 4) is 0 Å². The van der Waals surface area contributed by atoms with Crippen LogP contribution in [0.4, 0.5) is 18.0 Å². The number of halogens is 3. The van der Waals surface area contributed by atoms with Gasteiger partial charge in [0.05, 0.1) is 5.56 Å². The van der Waals surface area contributed by atoms with E-state index in [1.165, 1.54) is 6.07 Å². The van der Waals surface area contributed by atoms with Crippen molar-refractivity contribution in [2.75, 3.05) is 13.1 Å². The van der Waals surface area contributed by atoms with E-state index in [2.05, 4.69) is 4.98 Å². The van der Waals surface area contributed by atoms with Crippen molar-refractivity contribution in [1.82, 2.24) is 9.88 Å². The molecule has 1 amide bonds. The molecule has 0 bridgehead atoms. The molecular formula is C17H23F3N2O2. The molecule has 24 heavy (non-hydrogen) atoms. The average Bonchev–Trinajstić information content (AvgIpc) is 2.84. The molecule has 0 radical (unpaired) electrons. The molecule has 0 aromatic carbocycles. The average molecular weight is 344 g/mol. The van der Waals surface area contributed by atoms with Crippen LogP contribution < -0.4 is 0 Å². The Morgan fingerprint density at radius 3 is 2.62 bits per heavy atom. The highest BCUT2D eigenvalue weighted by Gasteiger charge is 2.36. The fourth-order valence-corrected chi connectivity index (χ4v) is 2.84. The Kier molecular flexibility index (Phi) is 5.11. The molecular weight excluding hydrogens is 321 g/mol. The summed E-state index contributed by atoms with van der Waals surface area (Å²) >= 11 is 0. The van der Waals surface area contributed by atoms with E-state index in [-0.39, 0.29) is 17.9 Å². The number of alkyl halides is 3. The number of pyridine rings is 1. The highest BCUT2D eigenvalue weighted by molar-refractivity contribution is 5.68. The van der Waals surface area contributed by atoms with Gasteiger partial charge in [-0.15, -0.1) is 0 Å². The first-order valence-electron chi connectivity index (χ1n) is 7.96. The number of amides is 1. The molecule has 1 aromatic heterocycles. The normalized spacial score (nSPS) is 18.8. The van der Waals surface area contributed by atoms with Gasteiger partial charge in [0.15, 0.2) is 0 Å². The van der Waals surface area contributed by atoms with Gasteiger partial charge in [0, 0.05) is 25.0 Å². The van der Waals surface area contributed by atoms with E-state index in [0.717, 1.165) is 6.20 Å². The third-order valence-electron chi connectivity index (χ3n) is 3.88. The molecule has 4 nitrogen and oxygen atoms in total. The summed E-state index contributed by atoms with van der Waals surface area (Å²) in [5, 5.41) is 0. The molecule has 2 rings (SSSR count). The largest absolute Gasteiger partial charge is 0.444 e. The van der Waals surface area contributed by atoms with Crippen LogP contribution in [0.1, 0.15) is 44.0 Å². The van der Waals surface area contributed by atoms with Gasteiger partial charge in [0.1, 0.15) is 5.60 Å². The number of hydrogen-bond acceptors (Lipinski definition) is 3. The zero-order valence-electron chi connectivity index (χ0n) is 14.4. The lowest BCUT2D eigenvalue weighted by molar-refractivity contribution is -0.138.